The van der Waals surface area contributed by atoms with Gasteiger partial charge in [0.15, 0.2) is 11.2 Å². The lowest BCUT2D eigenvalue weighted by atomic mass is 10.3. The molecule has 3 N–H and O–H groups in total. The summed E-state index contributed by atoms with van der Waals surface area (Å²) in [5, 5.41) is 13.4. The van der Waals surface area contributed by atoms with Crippen LogP contribution in [0.5, 0.6) is 0 Å². The molecule has 0 fully saturated rings. The second-order valence-electron chi connectivity index (χ2n) is 5.97. The van der Waals surface area contributed by atoms with E-state index in [1.54, 1.807) is 10.6 Å². The zero-order valence-corrected chi connectivity index (χ0v) is 14.8. The van der Waals surface area contributed by atoms with E-state index in [0.717, 1.165) is 6.42 Å². The molecule has 138 valence electrons. The van der Waals surface area contributed by atoms with Crippen molar-refractivity contribution in [2.75, 3.05) is 18.5 Å². The smallest absolute Gasteiger partial charge is 0.329 e. The number of imidazole rings is 1. The largest absolute Gasteiger partial charge is 0.389 e. The van der Waals surface area contributed by atoms with Crippen molar-refractivity contribution in [1.82, 2.24) is 19.1 Å². The lowest BCUT2D eigenvalue weighted by Gasteiger charge is -2.17. The Hall–Kier alpha value is -2.39. The molecular weight excluding hydrogens is 326 g/mol. The van der Waals surface area contributed by atoms with Gasteiger partial charge in [0, 0.05) is 13.1 Å². The Balaban J connectivity index is 2.48. The van der Waals surface area contributed by atoms with Gasteiger partial charge in [-0.15, -0.1) is 6.58 Å². The normalized spacial score (nSPS) is 13.8. The van der Waals surface area contributed by atoms with Crippen LogP contribution >= 0.6 is 0 Å². The van der Waals surface area contributed by atoms with Crippen LogP contribution in [-0.4, -0.2) is 49.6 Å². The van der Waals surface area contributed by atoms with E-state index in [1.807, 2.05) is 13.8 Å². The van der Waals surface area contributed by atoms with Crippen molar-refractivity contribution >= 4 is 17.1 Å². The second kappa shape index (κ2) is 8.13. The fourth-order valence-corrected chi connectivity index (χ4v) is 2.40. The molecule has 0 saturated carbocycles. The molecule has 2 aromatic rings. The maximum Gasteiger partial charge on any atom is 0.329 e. The summed E-state index contributed by atoms with van der Waals surface area (Å²) < 4.78 is 8.12. The molecule has 0 aliphatic carbocycles. The van der Waals surface area contributed by atoms with Crippen LogP contribution < -0.4 is 16.6 Å². The summed E-state index contributed by atoms with van der Waals surface area (Å²) in [7, 11) is 1.54. The van der Waals surface area contributed by atoms with Gasteiger partial charge in [-0.3, -0.25) is 14.3 Å². The number of ether oxygens (including phenoxy) is 1. The third kappa shape index (κ3) is 4.18. The van der Waals surface area contributed by atoms with E-state index in [2.05, 4.69) is 21.9 Å². The highest BCUT2D eigenvalue weighted by molar-refractivity contribution is 5.74. The third-order valence-electron chi connectivity index (χ3n) is 3.93. The molecule has 0 bridgehead atoms. The van der Waals surface area contributed by atoms with Crippen LogP contribution in [0.4, 0.5) is 5.95 Å². The minimum atomic E-state index is -0.841. The number of H-pyrrole nitrogens is 1. The molecule has 0 unspecified atom stereocenters. The quantitative estimate of drug-likeness (QED) is 0.439. The molecule has 9 nitrogen and oxygen atoms in total. The van der Waals surface area contributed by atoms with Crippen LogP contribution in [0, 0.1) is 0 Å². The molecule has 0 amide bonds. The Morgan fingerprint density at radius 2 is 2.20 bits per heavy atom. The molecule has 0 spiro atoms. The van der Waals surface area contributed by atoms with Crippen molar-refractivity contribution in [2.45, 2.75) is 39.0 Å². The van der Waals surface area contributed by atoms with E-state index < -0.39 is 17.4 Å². The van der Waals surface area contributed by atoms with Crippen molar-refractivity contribution in [2.24, 2.45) is 7.05 Å². The number of aryl methyl sites for hydroxylation is 1. The lowest BCUT2D eigenvalue weighted by Crippen LogP contribution is -2.30. The highest BCUT2D eigenvalue weighted by Gasteiger charge is 2.20. The maximum absolute atomic E-state index is 12.3. The van der Waals surface area contributed by atoms with E-state index in [9.17, 15) is 14.7 Å². The van der Waals surface area contributed by atoms with E-state index >= 15 is 0 Å². The summed E-state index contributed by atoms with van der Waals surface area (Å²) in [5.41, 5.74) is -0.580. The third-order valence-corrected chi connectivity index (χ3v) is 3.93. The Bertz CT molecular complexity index is 851. The lowest BCUT2D eigenvalue weighted by molar-refractivity contribution is 0.0405. The summed E-state index contributed by atoms with van der Waals surface area (Å²) in [6, 6.07) is 0.112. The first-order chi connectivity index (χ1) is 11.9. The van der Waals surface area contributed by atoms with Gasteiger partial charge in [-0.25, -0.2) is 4.79 Å². The highest BCUT2D eigenvalue weighted by atomic mass is 16.5. The summed E-state index contributed by atoms with van der Waals surface area (Å²) >= 11 is 0. The maximum atomic E-state index is 12.3. The Labute approximate surface area is 145 Å². The minimum absolute atomic E-state index is 0.0954. The summed E-state index contributed by atoms with van der Waals surface area (Å²) in [6.45, 7) is 8.08. The molecule has 2 rings (SSSR count). The van der Waals surface area contributed by atoms with Crippen LogP contribution in [0.25, 0.3) is 11.2 Å². The minimum Gasteiger partial charge on any atom is -0.389 e. The van der Waals surface area contributed by atoms with Gasteiger partial charge in [-0.05, 0) is 13.3 Å². The van der Waals surface area contributed by atoms with Gasteiger partial charge >= 0.3 is 5.69 Å². The number of aliphatic hydroxyl groups is 1. The van der Waals surface area contributed by atoms with Crippen molar-refractivity contribution < 1.29 is 9.84 Å². The van der Waals surface area contributed by atoms with E-state index in [0.29, 0.717) is 12.6 Å². The van der Waals surface area contributed by atoms with Crippen LogP contribution in [0.2, 0.25) is 0 Å². The molecule has 0 aliphatic heterocycles. The number of aromatic nitrogens is 4. The Morgan fingerprint density at radius 3 is 2.84 bits per heavy atom. The second-order valence-corrected chi connectivity index (χ2v) is 5.97. The fraction of sp³-hybridized carbons (Fsp3) is 0.562. The first-order valence-electron chi connectivity index (χ1n) is 8.21. The average Bonchev–Trinajstić information content (AvgIpc) is 2.91. The van der Waals surface area contributed by atoms with Gasteiger partial charge in [0.2, 0.25) is 5.95 Å². The van der Waals surface area contributed by atoms with Gasteiger partial charge in [0.05, 0.1) is 25.9 Å². The van der Waals surface area contributed by atoms with Gasteiger partial charge in [-0.1, -0.05) is 13.0 Å². The Kier molecular flexibility index (Phi) is 6.16. The number of rotatable bonds is 9. The summed E-state index contributed by atoms with van der Waals surface area (Å²) in [5.74, 6) is 0.429. The zero-order chi connectivity index (χ0) is 18.6. The number of hydrogen-bond acceptors (Lipinski definition) is 6. The predicted octanol–water partition coefficient (Wildman–Crippen LogP) is 0.197. The van der Waals surface area contributed by atoms with E-state index in [-0.39, 0.29) is 30.4 Å². The van der Waals surface area contributed by atoms with Crippen LogP contribution in [-0.2, 0) is 18.3 Å². The molecule has 0 saturated heterocycles. The van der Waals surface area contributed by atoms with Crippen molar-refractivity contribution in [3.05, 3.63) is 33.5 Å². The molecule has 0 aliphatic rings. The van der Waals surface area contributed by atoms with Crippen molar-refractivity contribution in [3.63, 3.8) is 0 Å². The van der Waals surface area contributed by atoms with Crippen molar-refractivity contribution in [1.29, 1.82) is 0 Å². The number of aromatic amines is 1. The van der Waals surface area contributed by atoms with Gasteiger partial charge in [-0.2, -0.15) is 4.98 Å². The number of hydrogen-bond donors (Lipinski definition) is 3. The molecular formula is C16H25N5O4. The Morgan fingerprint density at radius 1 is 1.48 bits per heavy atom. The molecule has 2 heterocycles. The molecule has 25 heavy (non-hydrogen) atoms. The number of nitrogens with one attached hydrogen (secondary N) is 2. The monoisotopic (exact) mass is 351 g/mol. The predicted molar refractivity (Wildman–Crippen MR) is 96.0 cm³/mol. The summed E-state index contributed by atoms with van der Waals surface area (Å²) in [6.07, 6.45) is 1.60. The topological polar surface area (TPSA) is 114 Å². The number of fused-ring (bicyclic) bond motifs is 1. The van der Waals surface area contributed by atoms with Gasteiger partial charge in [0.25, 0.3) is 5.56 Å². The first kappa shape index (κ1) is 18.9. The van der Waals surface area contributed by atoms with E-state index in [4.69, 9.17) is 4.74 Å². The van der Waals surface area contributed by atoms with E-state index in [1.165, 1.54) is 11.6 Å². The number of anilines is 1. The highest BCUT2D eigenvalue weighted by Crippen LogP contribution is 2.17. The van der Waals surface area contributed by atoms with Gasteiger partial charge in [0.1, 0.15) is 0 Å². The van der Waals surface area contributed by atoms with Gasteiger partial charge < -0.3 is 19.7 Å². The molecule has 0 aromatic carbocycles. The number of aliphatic hydroxyl groups excluding tert-OH is 1. The molecule has 9 heteroatoms. The number of nitrogens with zero attached hydrogens (tertiary/aromatic N) is 3. The first-order valence-corrected chi connectivity index (χ1v) is 8.21. The fourth-order valence-electron chi connectivity index (χ4n) is 2.40. The standard InChI is InChI=1S/C16H25N5O4/c1-5-7-25-9-11(22)8-21-12-13(18-15(21)17-10(3)6-2)20(4)16(24)19-14(12)23/h5,10-11,22H,1,6-9H2,2-4H3,(H,17,18)(H,19,23,24)/t10-,11-/m1/s1. The molecule has 0 radical (unpaired) electrons. The van der Waals surface area contributed by atoms with Crippen LogP contribution in [0.15, 0.2) is 22.2 Å². The van der Waals surface area contributed by atoms with Crippen LogP contribution in [0.3, 0.4) is 0 Å². The molecule has 2 aromatic heterocycles. The summed E-state index contributed by atoms with van der Waals surface area (Å²) in [4.78, 5) is 30.8. The zero-order valence-electron chi connectivity index (χ0n) is 14.8. The van der Waals surface area contributed by atoms with Crippen LogP contribution in [0.1, 0.15) is 20.3 Å². The SMILES string of the molecule is C=CCOC[C@H](O)Cn1c(N[C@H](C)CC)nc2c1c(=O)[nH]c(=O)n2C. The molecule has 2 atom stereocenters. The van der Waals surface area contributed by atoms with Crippen molar-refractivity contribution in [3.8, 4) is 0 Å². The average molecular weight is 351 g/mol.